The van der Waals surface area contributed by atoms with Crippen LogP contribution in [0.1, 0.15) is 35.1 Å². The molecule has 1 amide bonds. The van der Waals surface area contributed by atoms with Crippen LogP contribution in [0.4, 0.5) is 18.9 Å². The molecule has 2 aromatic rings. The molecule has 3 rings (SSSR count). The molecular formula is C16H15ClF3N5O4. The number of piperidine rings is 1. The summed E-state index contributed by atoms with van der Waals surface area (Å²) >= 11 is 5.85. The Morgan fingerprint density at radius 2 is 1.93 bits per heavy atom. The number of carbonyl (C=O) groups excluding carboxylic acids is 1. The van der Waals surface area contributed by atoms with E-state index in [0.717, 1.165) is 17.8 Å². The van der Waals surface area contributed by atoms with Crippen LogP contribution < -0.4 is 5.69 Å². The molecule has 0 atom stereocenters. The van der Waals surface area contributed by atoms with E-state index in [-0.39, 0.29) is 36.5 Å². The van der Waals surface area contributed by atoms with Crippen molar-refractivity contribution in [3.05, 3.63) is 55.2 Å². The Hall–Kier alpha value is -2.89. The summed E-state index contributed by atoms with van der Waals surface area (Å²) in [5, 5.41) is 14.7. The lowest BCUT2D eigenvalue weighted by molar-refractivity contribution is -0.385. The number of alkyl halides is 3. The Labute approximate surface area is 166 Å². The molecule has 1 aromatic carbocycles. The van der Waals surface area contributed by atoms with Gasteiger partial charge in [-0.3, -0.25) is 19.5 Å². The molecule has 9 nitrogen and oxygen atoms in total. The number of nitro benzene ring substituents is 1. The van der Waals surface area contributed by atoms with E-state index in [0.29, 0.717) is 4.57 Å². The Bertz CT molecular complexity index is 1020. The molecule has 29 heavy (non-hydrogen) atoms. The molecule has 0 saturated carbocycles. The number of benzene rings is 1. The van der Waals surface area contributed by atoms with Gasteiger partial charge in [0.15, 0.2) is 0 Å². The van der Waals surface area contributed by atoms with Gasteiger partial charge in [0, 0.05) is 31.2 Å². The molecule has 2 heterocycles. The second-order valence-electron chi connectivity index (χ2n) is 6.55. The third-order valence-electron chi connectivity index (χ3n) is 4.74. The SMILES string of the molecule is Cn1c(C(F)(F)F)nn(C2CCN(C(=O)c3cc(Cl)ccc3[N+](=O)[O-])CC2)c1=O. The van der Waals surface area contributed by atoms with E-state index in [9.17, 15) is 32.9 Å². The van der Waals surface area contributed by atoms with Crippen molar-refractivity contribution in [1.29, 1.82) is 0 Å². The van der Waals surface area contributed by atoms with Crippen LogP contribution in [-0.4, -0.2) is 43.2 Å². The first-order valence-electron chi connectivity index (χ1n) is 8.46. The van der Waals surface area contributed by atoms with Gasteiger partial charge in [-0.25, -0.2) is 9.48 Å². The number of aromatic nitrogens is 3. The molecule has 1 saturated heterocycles. The normalized spacial score (nSPS) is 15.6. The zero-order valence-corrected chi connectivity index (χ0v) is 15.8. The quantitative estimate of drug-likeness (QED) is 0.547. The van der Waals surface area contributed by atoms with Crippen LogP contribution in [0.15, 0.2) is 23.0 Å². The minimum Gasteiger partial charge on any atom is -0.338 e. The molecule has 156 valence electrons. The maximum Gasteiger partial charge on any atom is 0.451 e. The Morgan fingerprint density at radius 1 is 1.31 bits per heavy atom. The van der Waals surface area contributed by atoms with Crippen LogP contribution in [0.2, 0.25) is 5.02 Å². The summed E-state index contributed by atoms with van der Waals surface area (Å²) < 4.78 is 40.1. The summed E-state index contributed by atoms with van der Waals surface area (Å²) in [6, 6.07) is 3.01. The highest BCUT2D eigenvalue weighted by atomic mass is 35.5. The zero-order valence-electron chi connectivity index (χ0n) is 15.0. The minimum atomic E-state index is -4.76. The van der Waals surface area contributed by atoms with Crippen LogP contribution in [0.25, 0.3) is 0 Å². The summed E-state index contributed by atoms with van der Waals surface area (Å²) in [4.78, 5) is 36.6. The maximum absolute atomic E-state index is 12.9. The predicted octanol–water partition coefficient (Wildman–Crippen LogP) is 2.64. The fraction of sp³-hybridized carbons (Fsp3) is 0.438. The third kappa shape index (κ3) is 3.97. The number of halogens is 4. The van der Waals surface area contributed by atoms with Crippen molar-refractivity contribution < 1.29 is 22.9 Å². The van der Waals surface area contributed by atoms with Gasteiger partial charge in [0.1, 0.15) is 5.56 Å². The maximum atomic E-state index is 12.9. The van der Waals surface area contributed by atoms with Crippen molar-refractivity contribution in [2.45, 2.75) is 25.1 Å². The highest BCUT2D eigenvalue weighted by Gasteiger charge is 2.39. The molecule has 1 aliphatic rings. The Kier molecular flexibility index (Phi) is 5.39. The number of hydrogen-bond acceptors (Lipinski definition) is 5. The van der Waals surface area contributed by atoms with E-state index < -0.39 is 40.3 Å². The summed E-state index contributed by atoms with van der Waals surface area (Å²) in [5.74, 6) is -1.91. The second-order valence-corrected chi connectivity index (χ2v) is 6.99. The third-order valence-corrected chi connectivity index (χ3v) is 4.97. The number of nitrogens with zero attached hydrogens (tertiary/aromatic N) is 5. The highest BCUT2D eigenvalue weighted by molar-refractivity contribution is 6.31. The molecule has 1 fully saturated rings. The van der Waals surface area contributed by atoms with E-state index in [2.05, 4.69) is 5.10 Å². The number of nitro groups is 1. The fourth-order valence-corrected chi connectivity index (χ4v) is 3.44. The van der Waals surface area contributed by atoms with E-state index in [1.807, 2.05) is 0 Å². The standard InChI is InChI=1S/C16H15ClF3N5O4/c1-22-14(16(18,19)20)21-24(15(22)27)10-4-6-23(7-5-10)13(26)11-8-9(17)2-3-12(11)25(28)29/h2-3,8,10H,4-7H2,1H3. The number of carbonyl (C=O) groups is 1. The first kappa shape index (κ1) is 20.8. The first-order chi connectivity index (χ1) is 13.5. The lowest BCUT2D eigenvalue weighted by Gasteiger charge is -2.31. The van der Waals surface area contributed by atoms with Gasteiger partial charge in [-0.15, -0.1) is 5.10 Å². The average Bonchev–Trinajstić information content (AvgIpc) is 2.96. The van der Waals surface area contributed by atoms with Gasteiger partial charge in [-0.05, 0) is 25.0 Å². The van der Waals surface area contributed by atoms with E-state index in [1.54, 1.807) is 0 Å². The topological polar surface area (TPSA) is 103 Å². The highest BCUT2D eigenvalue weighted by Crippen LogP contribution is 2.29. The molecular weight excluding hydrogens is 419 g/mol. The monoisotopic (exact) mass is 433 g/mol. The number of rotatable bonds is 3. The molecule has 0 unspecified atom stereocenters. The summed E-state index contributed by atoms with van der Waals surface area (Å²) in [6.07, 6.45) is -4.41. The summed E-state index contributed by atoms with van der Waals surface area (Å²) in [7, 11) is 0.992. The van der Waals surface area contributed by atoms with E-state index >= 15 is 0 Å². The van der Waals surface area contributed by atoms with Gasteiger partial charge in [0.05, 0.1) is 11.0 Å². The van der Waals surface area contributed by atoms with Gasteiger partial charge in [-0.1, -0.05) is 11.6 Å². The van der Waals surface area contributed by atoms with Crippen LogP contribution in [0.3, 0.4) is 0 Å². The number of hydrogen-bond donors (Lipinski definition) is 0. The Balaban J connectivity index is 1.79. The van der Waals surface area contributed by atoms with Crippen molar-refractivity contribution in [2.75, 3.05) is 13.1 Å². The molecule has 1 aromatic heterocycles. The number of amides is 1. The number of likely N-dealkylation sites (tertiary alicyclic amines) is 1. The lowest BCUT2D eigenvalue weighted by atomic mass is 10.0. The predicted molar refractivity (Wildman–Crippen MR) is 94.8 cm³/mol. The van der Waals surface area contributed by atoms with Crippen molar-refractivity contribution in [2.24, 2.45) is 7.05 Å². The van der Waals surface area contributed by atoms with Crippen LogP contribution in [0.5, 0.6) is 0 Å². The van der Waals surface area contributed by atoms with Gasteiger partial charge in [0.2, 0.25) is 5.82 Å². The van der Waals surface area contributed by atoms with Crippen LogP contribution in [0, 0.1) is 10.1 Å². The molecule has 0 aliphatic carbocycles. The molecule has 0 bridgehead atoms. The summed E-state index contributed by atoms with van der Waals surface area (Å²) in [5.41, 5.74) is -1.46. The van der Waals surface area contributed by atoms with Crippen LogP contribution in [-0.2, 0) is 13.2 Å². The van der Waals surface area contributed by atoms with Crippen molar-refractivity contribution in [3.8, 4) is 0 Å². The minimum absolute atomic E-state index is 0.0948. The van der Waals surface area contributed by atoms with Gasteiger partial charge in [0.25, 0.3) is 11.6 Å². The Morgan fingerprint density at radius 3 is 2.45 bits per heavy atom. The van der Waals surface area contributed by atoms with Gasteiger partial charge in [-0.2, -0.15) is 13.2 Å². The van der Waals surface area contributed by atoms with E-state index in [1.165, 1.54) is 17.0 Å². The van der Waals surface area contributed by atoms with Crippen molar-refractivity contribution in [1.82, 2.24) is 19.2 Å². The second kappa shape index (κ2) is 7.50. The fourth-order valence-electron chi connectivity index (χ4n) is 3.26. The van der Waals surface area contributed by atoms with Crippen molar-refractivity contribution in [3.63, 3.8) is 0 Å². The summed E-state index contributed by atoms with van der Waals surface area (Å²) in [6.45, 7) is 0.190. The van der Waals surface area contributed by atoms with Crippen LogP contribution >= 0.6 is 11.6 Å². The molecule has 13 heteroatoms. The zero-order chi connectivity index (χ0) is 21.5. The largest absolute Gasteiger partial charge is 0.451 e. The molecule has 1 aliphatic heterocycles. The van der Waals surface area contributed by atoms with Gasteiger partial charge < -0.3 is 4.90 Å². The average molecular weight is 434 g/mol. The first-order valence-corrected chi connectivity index (χ1v) is 8.84. The van der Waals surface area contributed by atoms with Gasteiger partial charge >= 0.3 is 11.9 Å². The lowest BCUT2D eigenvalue weighted by Crippen LogP contribution is -2.41. The van der Waals surface area contributed by atoms with Crippen molar-refractivity contribution >= 4 is 23.2 Å². The smallest absolute Gasteiger partial charge is 0.338 e. The molecule has 0 radical (unpaired) electrons. The molecule has 0 spiro atoms. The van der Waals surface area contributed by atoms with E-state index in [4.69, 9.17) is 11.6 Å². The molecule has 0 N–H and O–H groups in total.